The second kappa shape index (κ2) is 9.12. The van der Waals surface area contributed by atoms with Crippen LogP contribution in [-0.4, -0.2) is 73.2 Å². The first-order valence-electron chi connectivity index (χ1n) is 11.7. The standard InChI is InChI=1S/C25H35N3O3S/c1-25(2,3)27-14-6-13-26(17-18-27)24(29)21-11-15-28(16-12-21)32(30,31)23-10-9-20-7-4-5-8-22(20)19-23/h4-5,7-10,19,21H,6,11-18H2,1-3H3. The molecule has 2 aliphatic rings. The molecule has 2 aromatic carbocycles. The average Bonchev–Trinajstić information content (AvgIpc) is 3.05. The second-order valence-corrected chi connectivity index (χ2v) is 12.0. The van der Waals surface area contributed by atoms with Crippen molar-refractivity contribution in [1.29, 1.82) is 0 Å². The van der Waals surface area contributed by atoms with Gasteiger partial charge in [-0.25, -0.2) is 8.42 Å². The lowest BCUT2D eigenvalue weighted by molar-refractivity contribution is -0.136. The third-order valence-corrected chi connectivity index (χ3v) is 8.81. The highest BCUT2D eigenvalue weighted by Crippen LogP contribution is 2.27. The minimum absolute atomic E-state index is 0.0840. The van der Waals surface area contributed by atoms with Gasteiger partial charge in [0.05, 0.1) is 4.90 Å². The molecule has 2 heterocycles. The summed E-state index contributed by atoms with van der Waals surface area (Å²) in [5, 5.41) is 1.95. The van der Waals surface area contributed by atoms with E-state index >= 15 is 0 Å². The Balaban J connectivity index is 1.38. The summed E-state index contributed by atoms with van der Waals surface area (Å²) in [6.07, 6.45) is 2.16. The Kier molecular flexibility index (Phi) is 6.61. The summed E-state index contributed by atoms with van der Waals surface area (Å²) in [5.41, 5.74) is 0.113. The number of nitrogens with zero attached hydrogens (tertiary/aromatic N) is 3. The topological polar surface area (TPSA) is 60.9 Å². The second-order valence-electron chi connectivity index (χ2n) is 10.0. The molecule has 1 amide bonds. The van der Waals surface area contributed by atoms with Crippen LogP contribution >= 0.6 is 0 Å². The third-order valence-electron chi connectivity index (χ3n) is 6.92. The van der Waals surface area contributed by atoms with Crippen molar-refractivity contribution in [2.45, 2.75) is 50.5 Å². The first-order valence-corrected chi connectivity index (χ1v) is 13.1. The Morgan fingerprint density at radius 3 is 2.25 bits per heavy atom. The van der Waals surface area contributed by atoms with E-state index in [2.05, 4.69) is 25.7 Å². The van der Waals surface area contributed by atoms with E-state index in [-0.39, 0.29) is 17.4 Å². The van der Waals surface area contributed by atoms with E-state index in [4.69, 9.17) is 0 Å². The maximum Gasteiger partial charge on any atom is 0.243 e. The molecular formula is C25H35N3O3S. The van der Waals surface area contributed by atoms with Gasteiger partial charge in [-0.2, -0.15) is 4.31 Å². The number of carbonyl (C=O) groups is 1. The molecule has 2 saturated heterocycles. The molecule has 0 saturated carbocycles. The summed E-state index contributed by atoms with van der Waals surface area (Å²) in [6, 6.07) is 13.1. The van der Waals surface area contributed by atoms with Crippen molar-refractivity contribution in [1.82, 2.24) is 14.1 Å². The van der Waals surface area contributed by atoms with Crippen LogP contribution in [0.2, 0.25) is 0 Å². The van der Waals surface area contributed by atoms with Crippen molar-refractivity contribution >= 4 is 26.7 Å². The molecule has 0 spiro atoms. The van der Waals surface area contributed by atoms with Crippen LogP contribution in [0.4, 0.5) is 0 Å². The van der Waals surface area contributed by atoms with E-state index in [1.54, 1.807) is 16.4 Å². The van der Waals surface area contributed by atoms with Crippen LogP contribution in [0.3, 0.4) is 0 Å². The molecular weight excluding hydrogens is 422 g/mol. The molecule has 174 valence electrons. The molecule has 0 bridgehead atoms. The van der Waals surface area contributed by atoms with Gasteiger partial charge in [-0.3, -0.25) is 9.69 Å². The SMILES string of the molecule is CC(C)(C)N1CCCN(C(=O)C2CCN(S(=O)(=O)c3ccc4ccccc4c3)CC2)CC1. The number of sulfonamides is 1. The Bertz CT molecular complexity index is 1070. The van der Waals surface area contributed by atoms with Gasteiger partial charge in [0.1, 0.15) is 0 Å². The number of amides is 1. The van der Waals surface area contributed by atoms with E-state index in [9.17, 15) is 13.2 Å². The minimum atomic E-state index is -3.56. The molecule has 32 heavy (non-hydrogen) atoms. The lowest BCUT2D eigenvalue weighted by Crippen LogP contribution is -2.46. The zero-order valence-corrected chi connectivity index (χ0v) is 20.3. The number of benzene rings is 2. The summed E-state index contributed by atoms with van der Waals surface area (Å²) in [4.78, 5) is 18.0. The highest BCUT2D eigenvalue weighted by Gasteiger charge is 2.35. The van der Waals surface area contributed by atoms with E-state index in [0.29, 0.717) is 30.8 Å². The maximum absolute atomic E-state index is 13.2. The molecule has 0 atom stereocenters. The molecule has 2 aromatic rings. The lowest BCUT2D eigenvalue weighted by atomic mass is 9.96. The van der Waals surface area contributed by atoms with Crippen molar-refractivity contribution < 1.29 is 13.2 Å². The van der Waals surface area contributed by atoms with Gasteiger partial charge in [-0.15, -0.1) is 0 Å². The fourth-order valence-electron chi connectivity index (χ4n) is 4.89. The number of hydrogen-bond acceptors (Lipinski definition) is 4. The van der Waals surface area contributed by atoms with Crippen molar-refractivity contribution in [3.63, 3.8) is 0 Å². The predicted octanol–water partition coefficient (Wildman–Crippen LogP) is 3.57. The van der Waals surface area contributed by atoms with Crippen LogP contribution in [0.25, 0.3) is 10.8 Å². The molecule has 0 aliphatic carbocycles. The van der Waals surface area contributed by atoms with Crippen molar-refractivity contribution in [2.24, 2.45) is 5.92 Å². The monoisotopic (exact) mass is 457 g/mol. The van der Waals surface area contributed by atoms with E-state index in [1.165, 1.54) is 0 Å². The molecule has 0 radical (unpaired) electrons. The van der Waals surface area contributed by atoms with E-state index in [0.717, 1.165) is 43.4 Å². The van der Waals surface area contributed by atoms with Crippen LogP contribution in [0.1, 0.15) is 40.0 Å². The van der Waals surface area contributed by atoms with E-state index in [1.807, 2.05) is 35.2 Å². The molecule has 4 rings (SSSR count). The van der Waals surface area contributed by atoms with Crippen LogP contribution in [0.15, 0.2) is 47.4 Å². The Morgan fingerprint density at radius 1 is 0.875 bits per heavy atom. The molecule has 0 aromatic heterocycles. The highest BCUT2D eigenvalue weighted by molar-refractivity contribution is 7.89. The Morgan fingerprint density at radius 2 is 1.56 bits per heavy atom. The third kappa shape index (κ3) is 4.85. The summed E-state index contributed by atoms with van der Waals surface area (Å²) in [6.45, 7) is 10.9. The number of hydrogen-bond donors (Lipinski definition) is 0. The first-order chi connectivity index (χ1) is 15.2. The molecule has 7 heteroatoms. The summed E-state index contributed by atoms with van der Waals surface area (Å²) in [5.74, 6) is 0.114. The van der Waals surface area contributed by atoms with Gasteiger partial charge in [0.25, 0.3) is 0 Å². The zero-order valence-electron chi connectivity index (χ0n) is 19.5. The normalized spacial score (nSPS) is 20.4. The maximum atomic E-state index is 13.2. The Hall–Kier alpha value is -1.96. The van der Waals surface area contributed by atoms with Crippen molar-refractivity contribution in [3.05, 3.63) is 42.5 Å². The molecule has 2 fully saturated rings. The Labute approximate surface area is 192 Å². The lowest BCUT2D eigenvalue weighted by Gasteiger charge is -2.35. The summed E-state index contributed by atoms with van der Waals surface area (Å²) < 4.78 is 28.0. The van der Waals surface area contributed by atoms with Gasteiger partial charge < -0.3 is 4.90 Å². The fourth-order valence-corrected chi connectivity index (χ4v) is 6.39. The fraction of sp³-hybridized carbons (Fsp3) is 0.560. The first kappa shape index (κ1) is 23.2. The largest absolute Gasteiger partial charge is 0.341 e. The van der Waals surface area contributed by atoms with Crippen LogP contribution in [0, 0.1) is 5.92 Å². The van der Waals surface area contributed by atoms with Gasteiger partial charge in [-0.05, 0) is 62.9 Å². The molecule has 0 unspecified atom stereocenters. The van der Waals surface area contributed by atoms with Gasteiger partial charge in [0.2, 0.25) is 15.9 Å². The molecule has 0 N–H and O–H groups in total. The zero-order chi connectivity index (χ0) is 22.9. The van der Waals surface area contributed by atoms with Gasteiger partial charge in [0, 0.05) is 50.7 Å². The number of piperidine rings is 1. The van der Waals surface area contributed by atoms with Crippen molar-refractivity contribution in [3.8, 4) is 0 Å². The number of carbonyl (C=O) groups excluding carboxylic acids is 1. The van der Waals surface area contributed by atoms with Gasteiger partial charge in [0.15, 0.2) is 0 Å². The number of fused-ring (bicyclic) bond motifs is 1. The molecule has 6 nitrogen and oxygen atoms in total. The molecule has 2 aliphatic heterocycles. The minimum Gasteiger partial charge on any atom is -0.341 e. The van der Waals surface area contributed by atoms with Gasteiger partial charge in [-0.1, -0.05) is 30.3 Å². The van der Waals surface area contributed by atoms with Crippen LogP contribution < -0.4 is 0 Å². The smallest absolute Gasteiger partial charge is 0.243 e. The average molecular weight is 458 g/mol. The predicted molar refractivity (Wildman–Crippen MR) is 128 cm³/mol. The number of rotatable bonds is 3. The van der Waals surface area contributed by atoms with E-state index < -0.39 is 10.0 Å². The van der Waals surface area contributed by atoms with Crippen molar-refractivity contribution in [2.75, 3.05) is 39.3 Å². The summed E-state index contributed by atoms with van der Waals surface area (Å²) in [7, 11) is -3.56. The van der Waals surface area contributed by atoms with Crippen LogP contribution in [0.5, 0.6) is 0 Å². The highest BCUT2D eigenvalue weighted by atomic mass is 32.2. The quantitative estimate of drug-likeness (QED) is 0.707. The summed E-state index contributed by atoms with van der Waals surface area (Å²) >= 11 is 0. The van der Waals surface area contributed by atoms with Crippen LogP contribution in [-0.2, 0) is 14.8 Å². The van der Waals surface area contributed by atoms with Gasteiger partial charge >= 0.3 is 0 Å².